The molecule has 0 amide bonds. The van der Waals surface area contributed by atoms with Gasteiger partial charge in [0.25, 0.3) is 0 Å². The minimum Gasteiger partial charge on any atom is -0.490 e. The maximum Gasteiger partial charge on any atom is 0.137 e. The van der Waals surface area contributed by atoms with E-state index in [-0.39, 0.29) is 17.7 Å². The first-order chi connectivity index (χ1) is 7.65. The monoisotopic (exact) mass is 286 g/mol. The summed E-state index contributed by atoms with van der Waals surface area (Å²) in [6, 6.07) is 4.53. The summed E-state index contributed by atoms with van der Waals surface area (Å²) in [5, 5.41) is 0. The summed E-state index contributed by atoms with van der Waals surface area (Å²) in [5.74, 6) is 0.539. The molecule has 2 nitrogen and oxygen atoms in total. The Morgan fingerprint density at radius 3 is 2.94 bits per heavy atom. The number of carbonyl (C=O) groups is 1. The first-order valence-corrected chi connectivity index (χ1v) is 6.08. The molecule has 1 aliphatic carbocycles. The molecule has 1 unspecified atom stereocenters. The largest absolute Gasteiger partial charge is 0.490 e. The quantitative estimate of drug-likeness (QED) is 0.832. The molecule has 1 fully saturated rings. The van der Waals surface area contributed by atoms with Crippen molar-refractivity contribution in [2.45, 2.75) is 31.8 Å². The van der Waals surface area contributed by atoms with Crippen LogP contribution in [0.4, 0.5) is 4.39 Å². The van der Waals surface area contributed by atoms with E-state index in [1.165, 1.54) is 6.07 Å². The third-order valence-electron chi connectivity index (χ3n) is 2.63. The summed E-state index contributed by atoms with van der Waals surface area (Å²) >= 11 is 3.10. The van der Waals surface area contributed by atoms with E-state index in [1.807, 2.05) is 0 Å². The molecule has 16 heavy (non-hydrogen) atoms. The van der Waals surface area contributed by atoms with Gasteiger partial charge in [-0.15, -0.1) is 0 Å². The van der Waals surface area contributed by atoms with Crippen LogP contribution in [-0.2, 0) is 4.79 Å². The predicted octanol–water partition coefficient (Wildman–Crippen LogP) is 3.48. The fourth-order valence-corrected chi connectivity index (χ4v) is 2.19. The van der Waals surface area contributed by atoms with Crippen molar-refractivity contribution >= 4 is 21.7 Å². The Labute approximate surface area is 102 Å². The number of carbonyl (C=O) groups excluding carboxylic acids is 1. The van der Waals surface area contributed by atoms with Crippen LogP contribution in [0.25, 0.3) is 0 Å². The van der Waals surface area contributed by atoms with E-state index >= 15 is 0 Å². The molecular formula is C12H12BrFO2. The van der Waals surface area contributed by atoms with E-state index in [4.69, 9.17) is 4.74 Å². The van der Waals surface area contributed by atoms with Crippen molar-refractivity contribution < 1.29 is 13.9 Å². The van der Waals surface area contributed by atoms with Gasteiger partial charge in [-0.25, -0.2) is 4.39 Å². The van der Waals surface area contributed by atoms with E-state index in [1.54, 1.807) is 12.1 Å². The van der Waals surface area contributed by atoms with E-state index in [0.29, 0.717) is 23.1 Å². The first-order valence-electron chi connectivity index (χ1n) is 5.28. The summed E-state index contributed by atoms with van der Waals surface area (Å²) in [7, 11) is 0. The normalized spacial score (nSPS) is 20.9. The highest BCUT2D eigenvalue weighted by Gasteiger charge is 2.20. The van der Waals surface area contributed by atoms with Gasteiger partial charge in [0.05, 0.1) is 4.47 Å². The second-order valence-corrected chi connectivity index (χ2v) is 4.81. The minimum absolute atomic E-state index is 0.0568. The highest BCUT2D eigenvalue weighted by molar-refractivity contribution is 9.10. The summed E-state index contributed by atoms with van der Waals surface area (Å²) in [5.41, 5.74) is 0. The second kappa shape index (κ2) is 4.95. The predicted molar refractivity (Wildman–Crippen MR) is 62.0 cm³/mol. The topological polar surface area (TPSA) is 26.3 Å². The van der Waals surface area contributed by atoms with Crippen molar-refractivity contribution in [3.8, 4) is 5.75 Å². The van der Waals surface area contributed by atoms with Crippen LogP contribution in [0, 0.1) is 5.82 Å². The van der Waals surface area contributed by atoms with Gasteiger partial charge >= 0.3 is 0 Å². The van der Waals surface area contributed by atoms with Gasteiger partial charge in [0, 0.05) is 12.8 Å². The van der Waals surface area contributed by atoms with Gasteiger partial charge in [0.2, 0.25) is 0 Å². The number of hydrogen-bond acceptors (Lipinski definition) is 2. The number of hydrogen-bond donors (Lipinski definition) is 0. The first kappa shape index (κ1) is 11.6. The van der Waals surface area contributed by atoms with E-state index in [9.17, 15) is 9.18 Å². The van der Waals surface area contributed by atoms with Crippen molar-refractivity contribution in [2.75, 3.05) is 0 Å². The molecule has 0 aromatic heterocycles. The Morgan fingerprint density at radius 1 is 1.44 bits per heavy atom. The van der Waals surface area contributed by atoms with Crippen LogP contribution in [0.5, 0.6) is 5.75 Å². The lowest BCUT2D eigenvalue weighted by atomic mass is 9.96. The molecule has 86 valence electrons. The number of ether oxygens (including phenoxy) is 1. The van der Waals surface area contributed by atoms with Crippen LogP contribution >= 0.6 is 15.9 Å². The summed E-state index contributed by atoms with van der Waals surface area (Å²) in [4.78, 5) is 11.2. The molecule has 0 aliphatic heterocycles. The van der Waals surface area contributed by atoms with Gasteiger partial charge in [0.15, 0.2) is 0 Å². The van der Waals surface area contributed by atoms with Gasteiger partial charge in [-0.05, 0) is 47.0 Å². The lowest BCUT2D eigenvalue weighted by molar-refractivity contribution is -0.122. The van der Waals surface area contributed by atoms with Crippen molar-refractivity contribution in [1.29, 1.82) is 0 Å². The van der Waals surface area contributed by atoms with Gasteiger partial charge in [-0.3, -0.25) is 4.79 Å². The Balaban J connectivity index is 2.03. The Morgan fingerprint density at radius 2 is 2.25 bits per heavy atom. The van der Waals surface area contributed by atoms with Crippen LogP contribution in [0.15, 0.2) is 22.7 Å². The van der Waals surface area contributed by atoms with Gasteiger partial charge in [0.1, 0.15) is 23.5 Å². The molecule has 1 aromatic rings. The van der Waals surface area contributed by atoms with Crippen LogP contribution in [0.3, 0.4) is 0 Å². The van der Waals surface area contributed by atoms with E-state index < -0.39 is 0 Å². The summed E-state index contributed by atoms with van der Waals surface area (Å²) < 4.78 is 19.0. The van der Waals surface area contributed by atoms with Crippen molar-refractivity contribution in [3.05, 3.63) is 28.5 Å². The van der Waals surface area contributed by atoms with Crippen molar-refractivity contribution in [2.24, 2.45) is 0 Å². The van der Waals surface area contributed by atoms with E-state index in [2.05, 4.69) is 15.9 Å². The van der Waals surface area contributed by atoms with Gasteiger partial charge in [-0.1, -0.05) is 0 Å². The smallest absolute Gasteiger partial charge is 0.137 e. The number of ketones is 1. The van der Waals surface area contributed by atoms with Crippen LogP contribution < -0.4 is 4.74 Å². The maximum absolute atomic E-state index is 13.0. The number of halogens is 2. The Kier molecular flexibility index (Phi) is 3.59. The standard InChI is InChI=1S/C12H12BrFO2/c13-11-7-10(4-5-12(11)14)16-9-3-1-2-8(15)6-9/h4-5,7,9H,1-3,6H2. The molecule has 4 heteroatoms. The Hall–Kier alpha value is -0.900. The zero-order valence-electron chi connectivity index (χ0n) is 8.71. The highest BCUT2D eigenvalue weighted by atomic mass is 79.9. The average Bonchev–Trinajstić information content (AvgIpc) is 2.24. The second-order valence-electron chi connectivity index (χ2n) is 3.95. The zero-order valence-corrected chi connectivity index (χ0v) is 10.3. The molecule has 1 aliphatic rings. The van der Waals surface area contributed by atoms with Gasteiger partial charge < -0.3 is 4.74 Å². The number of Topliss-reactive ketones (excluding diaryl/α,β-unsaturated/α-hetero) is 1. The fraction of sp³-hybridized carbons (Fsp3) is 0.417. The molecule has 1 atom stereocenters. The molecule has 1 aromatic carbocycles. The zero-order chi connectivity index (χ0) is 11.5. The third kappa shape index (κ3) is 2.82. The lowest BCUT2D eigenvalue weighted by Gasteiger charge is -2.22. The molecule has 0 saturated heterocycles. The minimum atomic E-state index is -0.313. The van der Waals surface area contributed by atoms with Crippen LogP contribution in [0.1, 0.15) is 25.7 Å². The summed E-state index contributed by atoms with van der Waals surface area (Å²) in [6.07, 6.45) is 2.84. The molecule has 0 bridgehead atoms. The molecule has 1 saturated carbocycles. The summed E-state index contributed by atoms with van der Waals surface area (Å²) in [6.45, 7) is 0. The van der Waals surface area contributed by atoms with Crippen LogP contribution in [0.2, 0.25) is 0 Å². The third-order valence-corrected chi connectivity index (χ3v) is 3.24. The molecular weight excluding hydrogens is 275 g/mol. The lowest BCUT2D eigenvalue weighted by Crippen LogP contribution is -2.25. The van der Waals surface area contributed by atoms with Gasteiger partial charge in [-0.2, -0.15) is 0 Å². The maximum atomic E-state index is 13.0. The molecule has 0 radical (unpaired) electrons. The molecule has 0 N–H and O–H groups in total. The average molecular weight is 287 g/mol. The molecule has 0 spiro atoms. The SMILES string of the molecule is O=C1CCCC(Oc2ccc(F)c(Br)c2)C1. The Bertz CT molecular complexity index is 406. The fourth-order valence-electron chi connectivity index (χ4n) is 1.83. The van der Waals surface area contributed by atoms with Crippen molar-refractivity contribution in [1.82, 2.24) is 0 Å². The molecule has 2 rings (SSSR count). The highest BCUT2D eigenvalue weighted by Crippen LogP contribution is 2.25. The van der Waals surface area contributed by atoms with Crippen LogP contribution in [-0.4, -0.2) is 11.9 Å². The van der Waals surface area contributed by atoms with Crippen molar-refractivity contribution in [3.63, 3.8) is 0 Å². The van der Waals surface area contributed by atoms with E-state index in [0.717, 1.165) is 12.8 Å². The number of rotatable bonds is 2. The number of benzene rings is 1. The molecule has 0 heterocycles.